The van der Waals surface area contributed by atoms with Crippen LogP contribution in [0.3, 0.4) is 0 Å². The van der Waals surface area contributed by atoms with Crippen molar-refractivity contribution in [1.82, 2.24) is 14.8 Å². The number of carbonyl (C=O) groups excluding carboxylic acids is 1. The first-order valence-corrected chi connectivity index (χ1v) is 9.14. The van der Waals surface area contributed by atoms with Gasteiger partial charge < -0.3 is 10.2 Å². The number of rotatable bonds is 4. The smallest absolute Gasteiger partial charge is 0.277 e. The molecule has 0 atom stereocenters. The molecule has 144 valence electrons. The lowest BCUT2D eigenvalue weighted by Gasteiger charge is -2.28. The van der Waals surface area contributed by atoms with Gasteiger partial charge in [-0.1, -0.05) is 6.07 Å². The number of halogens is 2. The molecule has 0 aliphatic carbocycles. The van der Waals surface area contributed by atoms with Crippen molar-refractivity contribution in [3.63, 3.8) is 0 Å². The fraction of sp³-hybridized carbons (Fsp3) is 0.250. The fourth-order valence-corrected chi connectivity index (χ4v) is 3.26. The number of hydrogen-bond donors (Lipinski definition) is 1. The average Bonchev–Trinajstić information content (AvgIpc) is 3.19. The zero-order valence-electron chi connectivity index (χ0n) is 15.1. The van der Waals surface area contributed by atoms with Gasteiger partial charge in [-0.3, -0.25) is 4.79 Å². The molecule has 3 heterocycles. The summed E-state index contributed by atoms with van der Waals surface area (Å²) in [7, 11) is 0. The third-order valence-corrected chi connectivity index (χ3v) is 4.70. The lowest BCUT2D eigenvalue weighted by Crippen LogP contribution is -2.29. The normalized spacial score (nSPS) is 14.1. The standard InChI is InChI=1S/C20H19F2N5O/c21-15-5-4-6-16(22)19(15)27-12-9-17(25-27)20(28)24-18-8-7-14(13-23-18)26-10-2-1-3-11-26/h4-9,12-13H,1-3,10-11H2,(H,23,24,28). The minimum absolute atomic E-state index is 0.0320. The zero-order valence-corrected chi connectivity index (χ0v) is 15.1. The molecule has 0 radical (unpaired) electrons. The van der Waals surface area contributed by atoms with Crippen LogP contribution >= 0.6 is 0 Å². The Morgan fingerprint density at radius 2 is 1.75 bits per heavy atom. The number of carbonyl (C=O) groups is 1. The summed E-state index contributed by atoms with van der Waals surface area (Å²) in [6.45, 7) is 2.02. The highest BCUT2D eigenvalue weighted by molar-refractivity contribution is 6.02. The second kappa shape index (κ2) is 7.75. The molecule has 1 aliphatic rings. The van der Waals surface area contributed by atoms with Crippen LogP contribution in [0.4, 0.5) is 20.3 Å². The average molecular weight is 383 g/mol. The van der Waals surface area contributed by atoms with E-state index in [-0.39, 0.29) is 11.4 Å². The van der Waals surface area contributed by atoms with Crippen LogP contribution < -0.4 is 10.2 Å². The first-order valence-electron chi connectivity index (χ1n) is 9.14. The molecule has 1 aliphatic heterocycles. The highest BCUT2D eigenvalue weighted by atomic mass is 19.1. The predicted molar refractivity (Wildman–Crippen MR) is 102 cm³/mol. The van der Waals surface area contributed by atoms with Gasteiger partial charge in [0.25, 0.3) is 5.91 Å². The van der Waals surface area contributed by atoms with E-state index in [2.05, 4.69) is 20.3 Å². The van der Waals surface area contributed by atoms with Crippen molar-refractivity contribution in [3.05, 3.63) is 66.1 Å². The number of piperidine rings is 1. The molecule has 1 fully saturated rings. The third-order valence-electron chi connectivity index (χ3n) is 4.70. The van der Waals surface area contributed by atoms with Gasteiger partial charge in [-0.2, -0.15) is 5.10 Å². The maximum absolute atomic E-state index is 13.9. The van der Waals surface area contributed by atoms with Crippen molar-refractivity contribution in [3.8, 4) is 5.69 Å². The van der Waals surface area contributed by atoms with E-state index in [0.29, 0.717) is 5.82 Å². The fourth-order valence-electron chi connectivity index (χ4n) is 3.26. The Morgan fingerprint density at radius 3 is 2.43 bits per heavy atom. The van der Waals surface area contributed by atoms with Crippen molar-refractivity contribution in [2.75, 3.05) is 23.3 Å². The molecule has 28 heavy (non-hydrogen) atoms. The molecule has 8 heteroatoms. The number of aromatic nitrogens is 3. The van der Waals surface area contributed by atoms with Gasteiger partial charge in [0.15, 0.2) is 17.3 Å². The van der Waals surface area contributed by atoms with Gasteiger partial charge >= 0.3 is 0 Å². The zero-order chi connectivity index (χ0) is 19.5. The van der Waals surface area contributed by atoms with Gasteiger partial charge in [-0.25, -0.2) is 18.4 Å². The molecule has 3 aromatic rings. The van der Waals surface area contributed by atoms with Crippen LogP contribution in [0.5, 0.6) is 0 Å². The molecule has 1 N–H and O–H groups in total. The molecule has 0 saturated carbocycles. The Bertz CT molecular complexity index is 960. The largest absolute Gasteiger partial charge is 0.370 e. The van der Waals surface area contributed by atoms with Gasteiger partial charge in [0, 0.05) is 19.3 Å². The Balaban J connectivity index is 1.46. The van der Waals surface area contributed by atoms with Crippen LogP contribution in [0.1, 0.15) is 29.8 Å². The molecule has 1 saturated heterocycles. The number of benzene rings is 1. The van der Waals surface area contributed by atoms with E-state index < -0.39 is 17.5 Å². The predicted octanol–water partition coefficient (Wildman–Crippen LogP) is 3.79. The van der Waals surface area contributed by atoms with Crippen LogP contribution in [0.2, 0.25) is 0 Å². The lowest BCUT2D eigenvalue weighted by atomic mass is 10.1. The van der Waals surface area contributed by atoms with E-state index in [1.165, 1.54) is 37.6 Å². The van der Waals surface area contributed by atoms with E-state index in [4.69, 9.17) is 0 Å². The summed E-state index contributed by atoms with van der Waals surface area (Å²) in [5.74, 6) is -1.64. The number of pyridine rings is 1. The Morgan fingerprint density at radius 1 is 1.00 bits per heavy atom. The maximum atomic E-state index is 13.9. The molecule has 1 amide bonds. The molecule has 0 spiro atoms. The van der Waals surface area contributed by atoms with Crippen molar-refractivity contribution < 1.29 is 13.6 Å². The summed E-state index contributed by atoms with van der Waals surface area (Å²) in [6.07, 6.45) is 6.66. The Hall–Kier alpha value is -3.29. The van der Waals surface area contributed by atoms with E-state index in [9.17, 15) is 13.6 Å². The number of anilines is 2. The van der Waals surface area contributed by atoms with Gasteiger partial charge in [0.2, 0.25) is 0 Å². The minimum Gasteiger partial charge on any atom is -0.370 e. The molecule has 2 aromatic heterocycles. The number of amides is 1. The first kappa shape index (κ1) is 18.1. The second-order valence-corrected chi connectivity index (χ2v) is 6.62. The summed E-state index contributed by atoms with van der Waals surface area (Å²) in [6, 6.07) is 8.58. The van der Waals surface area contributed by atoms with Crippen LogP contribution in [-0.4, -0.2) is 33.8 Å². The number of para-hydroxylation sites is 1. The van der Waals surface area contributed by atoms with Crippen molar-refractivity contribution in [1.29, 1.82) is 0 Å². The Labute approximate surface area is 160 Å². The molecule has 1 aromatic carbocycles. The van der Waals surface area contributed by atoms with Gasteiger partial charge in [-0.05, 0) is 49.6 Å². The number of nitrogens with zero attached hydrogens (tertiary/aromatic N) is 4. The van der Waals surface area contributed by atoms with E-state index in [0.717, 1.165) is 35.6 Å². The molecular formula is C20H19F2N5O. The van der Waals surface area contributed by atoms with Gasteiger partial charge in [0.05, 0.1) is 11.9 Å². The van der Waals surface area contributed by atoms with Crippen molar-refractivity contribution in [2.45, 2.75) is 19.3 Å². The summed E-state index contributed by atoms with van der Waals surface area (Å²) >= 11 is 0. The van der Waals surface area contributed by atoms with Crippen LogP contribution in [0.15, 0.2) is 48.8 Å². The van der Waals surface area contributed by atoms with Crippen molar-refractivity contribution >= 4 is 17.4 Å². The quantitative estimate of drug-likeness (QED) is 0.745. The molecule has 0 unspecified atom stereocenters. The first-order chi connectivity index (χ1) is 13.6. The molecule has 6 nitrogen and oxygen atoms in total. The molecular weight excluding hydrogens is 364 g/mol. The summed E-state index contributed by atoms with van der Waals surface area (Å²) in [5, 5.41) is 6.63. The minimum atomic E-state index is -0.759. The van der Waals surface area contributed by atoms with Crippen LogP contribution in [0, 0.1) is 11.6 Å². The van der Waals surface area contributed by atoms with Gasteiger partial charge in [0.1, 0.15) is 11.5 Å². The van der Waals surface area contributed by atoms with Crippen molar-refractivity contribution in [2.24, 2.45) is 0 Å². The summed E-state index contributed by atoms with van der Waals surface area (Å²) in [5.41, 5.74) is 0.729. The van der Waals surface area contributed by atoms with Gasteiger partial charge in [-0.15, -0.1) is 0 Å². The number of nitrogens with one attached hydrogen (secondary N) is 1. The highest BCUT2D eigenvalue weighted by Gasteiger charge is 2.16. The van der Waals surface area contributed by atoms with E-state index in [1.807, 2.05) is 6.07 Å². The number of hydrogen-bond acceptors (Lipinski definition) is 4. The molecule has 4 rings (SSSR count). The monoisotopic (exact) mass is 383 g/mol. The maximum Gasteiger partial charge on any atom is 0.277 e. The summed E-state index contributed by atoms with van der Waals surface area (Å²) in [4.78, 5) is 18.9. The van der Waals surface area contributed by atoms with Crippen LogP contribution in [0.25, 0.3) is 5.69 Å². The van der Waals surface area contributed by atoms with E-state index in [1.54, 1.807) is 12.3 Å². The molecule has 0 bridgehead atoms. The topological polar surface area (TPSA) is 63.1 Å². The van der Waals surface area contributed by atoms with E-state index >= 15 is 0 Å². The Kier molecular flexibility index (Phi) is 5.01. The third kappa shape index (κ3) is 3.71. The van der Waals surface area contributed by atoms with Crippen LogP contribution in [-0.2, 0) is 0 Å². The highest BCUT2D eigenvalue weighted by Crippen LogP contribution is 2.20. The lowest BCUT2D eigenvalue weighted by molar-refractivity contribution is 0.102. The summed E-state index contributed by atoms with van der Waals surface area (Å²) < 4.78 is 28.7. The SMILES string of the molecule is O=C(Nc1ccc(N2CCCCC2)cn1)c1ccn(-c2c(F)cccc2F)n1. The second-order valence-electron chi connectivity index (χ2n) is 6.62.